The third kappa shape index (κ3) is 4.94. The van der Waals surface area contributed by atoms with Crippen molar-refractivity contribution in [1.29, 1.82) is 0 Å². The van der Waals surface area contributed by atoms with E-state index >= 15 is 0 Å². The minimum Gasteiger partial charge on any atom is -0.480 e. The number of benzene rings is 1. The van der Waals surface area contributed by atoms with Crippen molar-refractivity contribution in [2.75, 3.05) is 26.2 Å². The van der Waals surface area contributed by atoms with Crippen LogP contribution in [0, 0.1) is 0 Å². The highest BCUT2D eigenvalue weighted by molar-refractivity contribution is 5.75. The first kappa shape index (κ1) is 16.7. The monoisotopic (exact) mass is 278 g/mol. The second-order valence-electron chi connectivity index (χ2n) is 4.85. The Hall–Kier alpha value is -1.39. The summed E-state index contributed by atoms with van der Waals surface area (Å²) in [6, 6.07) is 7.18. The van der Waals surface area contributed by atoms with Crippen molar-refractivity contribution < 1.29 is 9.90 Å². The smallest absolute Gasteiger partial charge is 0.325 e. The first-order valence-electron chi connectivity index (χ1n) is 7.39. The van der Waals surface area contributed by atoms with Crippen LogP contribution in [0.15, 0.2) is 24.3 Å². The van der Waals surface area contributed by atoms with Gasteiger partial charge < -0.3 is 10.0 Å². The predicted molar refractivity (Wildman–Crippen MR) is 82.0 cm³/mol. The Balaban J connectivity index is 2.62. The fourth-order valence-electron chi connectivity index (χ4n) is 2.20. The van der Waals surface area contributed by atoms with Crippen LogP contribution in [0.2, 0.25) is 0 Å². The summed E-state index contributed by atoms with van der Waals surface area (Å²) in [6.07, 6.45) is 0.966. The molecule has 1 aromatic rings. The minimum atomic E-state index is -0.825. The quantitative estimate of drug-likeness (QED) is 0.728. The fourth-order valence-corrected chi connectivity index (χ4v) is 2.20. The minimum absolute atomic E-state index is 0.628. The number of carbonyl (C=O) groups is 1. The van der Waals surface area contributed by atoms with Gasteiger partial charge in [0.15, 0.2) is 0 Å². The molecule has 0 saturated carbocycles. The lowest BCUT2D eigenvalue weighted by atomic mass is 10.0. The lowest BCUT2D eigenvalue weighted by Gasteiger charge is -2.20. The van der Waals surface area contributed by atoms with Gasteiger partial charge in [-0.15, -0.1) is 0 Å². The molecule has 0 heterocycles. The molecule has 112 valence electrons. The average molecular weight is 278 g/mol. The summed E-state index contributed by atoms with van der Waals surface area (Å²) in [5.74, 6) is -0.825. The number of nitrogens with zero attached hydrogens (tertiary/aromatic N) is 1. The standard InChI is InChI=1S/C16H26N2O2/c1-4-13-7-9-14(10-8-13)15(16(19)20)17-11-12-18(5-2)6-3/h7-10,15,17H,4-6,11-12H2,1-3H3,(H,19,20). The number of aliphatic carboxylic acids is 1. The van der Waals surface area contributed by atoms with Gasteiger partial charge in [-0.05, 0) is 30.6 Å². The zero-order valence-corrected chi connectivity index (χ0v) is 12.7. The topological polar surface area (TPSA) is 52.6 Å². The molecule has 0 aliphatic carbocycles. The molecule has 20 heavy (non-hydrogen) atoms. The van der Waals surface area contributed by atoms with Crippen molar-refractivity contribution >= 4 is 5.97 Å². The molecule has 0 saturated heterocycles. The van der Waals surface area contributed by atoms with Crippen molar-refractivity contribution in [3.05, 3.63) is 35.4 Å². The summed E-state index contributed by atoms with van der Waals surface area (Å²) >= 11 is 0. The summed E-state index contributed by atoms with van der Waals surface area (Å²) in [5, 5.41) is 12.5. The van der Waals surface area contributed by atoms with E-state index in [0.717, 1.165) is 31.6 Å². The lowest BCUT2D eigenvalue weighted by molar-refractivity contribution is -0.139. The molecule has 4 heteroatoms. The van der Waals surface area contributed by atoms with Crippen molar-refractivity contribution in [2.24, 2.45) is 0 Å². The molecule has 0 fully saturated rings. The molecule has 1 rings (SSSR count). The number of hydrogen-bond donors (Lipinski definition) is 2. The van der Waals surface area contributed by atoms with E-state index in [1.54, 1.807) is 0 Å². The highest BCUT2D eigenvalue weighted by Gasteiger charge is 2.18. The molecule has 0 spiro atoms. The van der Waals surface area contributed by atoms with Crippen LogP contribution in [0.25, 0.3) is 0 Å². The Morgan fingerprint density at radius 2 is 1.80 bits per heavy atom. The van der Waals surface area contributed by atoms with E-state index in [2.05, 4.69) is 31.0 Å². The van der Waals surface area contributed by atoms with Gasteiger partial charge in [-0.2, -0.15) is 0 Å². The van der Waals surface area contributed by atoms with Gasteiger partial charge in [-0.1, -0.05) is 45.0 Å². The molecule has 0 aromatic heterocycles. The van der Waals surface area contributed by atoms with Crippen LogP contribution in [-0.2, 0) is 11.2 Å². The molecule has 0 amide bonds. The number of hydrogen-bond acceptors (Lipinski definition) is 3. The molecule has 0 bridgehead atoms. The van der Waals surface area contributed by atoms with Gasteiger partial charge in [0, 0.05) is 13.1 Å². The van der Waals surface area contributed by atoms with E-state index in [-0.39, 0.29) is 0 Å². The maximum atomic E-state index is 11.4. The van der Waals surface area contributed by atoms with Crippen LogP contribution in [0.1, 0.15) is 37.9 Å². The van der Waals surface area contributed by atoms with Crippen molar-refractivity contribution in [3.8, 4) is 0 Å². The molecule has 1 unspecified atom stereocenters. The Morgan fingerprint density at radius 3 is 2.25 bits per heavy atom. The van der Waals surface area contributed by atoms with Gasteiger partial charge in [0.1, 0.15) is 6.04 Å². The summed E-state index contributed by atoms with van der Waals surface area (Å²) in [4.78, 5) is 13.7. The third-order valence-electron chi connectivity index (χ3n) is 3.64. The van der Waals surface area contributed by atoms with Crippen LogP contribution in [-0.4, -0.2) is 42.2 Å². The van der Waals surface area contributed by atoms with Gasteiger partial charge in [0.2, 0.25) is 0 Å². The zero-order chi connectivity index (χ0) is 15.0. The van der Waals surface area contributed by atoms with E-state index in [1.165, 1.54) is 5.56 Å². The number of nitrogens with one attached hydrogen (secondary N) is 1. The van der Waals surface area contributed by atoms with E-state index < -0.39 is 12.0 Å². The molecular weight excluding hydrogens is 252 g/mol. The van der Waals surface area contributed by atoms with Crippen LogP contribution in [0.4, 0.5) is 0 Å². The number of aryl methyl sites for hydroxylation is 1. The Bertz CT molecular complexity index is 399. The van der Waals surface area contributed by atoms with Crippen LogP contribution in [0.3, 0.4) is 0 Å². The first-order valence-corrected chi connectivity index (χ1v) is 7.39. The molecule has 1 atom stereocenters. The highest BCUT2D eigenvalue weighted by atomic mass is 16.4. The number of carboxylic acid groups (broad SMARTS) is 1. The molecule has 1 aromatic carbocycles. The summed E-state index contributed by atoms with van der Waals surface area (Å²) < 4.78 is 0. The molecule has 4 nitrogen and oxygen atoms in total. The molecule has 0 aliphatic rings. The van der Waals surface area contributed by atoms with E-state index in [0.29, 0.717) is 6.54 Å². The maximum absolute atomic E-state index is 11.4. The largest absolute Gasteiger partial charge is 0.480 e. The Kier molecular flexibility index (Phi) is 7.26. The van der Waals surface area contributed by atoms with Gasteiger partial charge in [-0.3, -0.25) is 10.1 Å². The summed E-state index contributed by atoms with van der Waals surface area (Å²) in [6.45, 7) is 9.83. The highest BCUT2D eigenvalue weighted by Crippen LogP contribution is 2.14. The SMILES string of the molecule is CCc1ccc(C(NCCN(CC)CC)C(=O)O)cc1. The zero-order valence-electron chi connectivity index (χ0n) is 12.7. The summed E-state index contributed by atoms with van der Waals surface area (Å²) in [5.41, 5.74) is 2.04. The van der Waals surface area contributed by atoms with Crippen LogP contribution in [0.5, 0.6) is 0 Å². The molecule has 2 N–H and O–H groups in total. The van der Waals surface area contributed by atoms with Crippen LogP contribution >= 0.6 is 0 Å². The molecule has 0 aliphatic heterocycles. The lowest BCUT2D eigenvalue weighted by Crippen LogP contribution is -2.36. The number of rotatable bonds is 9. The molecule has 0 radical (unpaired) electrons. The Morgan fingerprint density at radius 1 is 1.20 bits per heavy atom. The van der Waals surface area contributed by atoms with Gasteiger partial charge in [0.25, 0.3) is 0 Å². The maximum Gasteiger partial charge on any atom is 0.325 e. The summed E-state index contributed by atoms with van der Waals surface area (Å²) in [7, 11) is 0. The van der Waals surface area contributed by atoms with Gasteiger partial charge in [-0.25, -0.2) is 0 Å². The van der Waals surface area contributed by atoms with Crippen molar-refractivity contribution in [1.82, 2.24) is 10.2 Å². The van der Waals surface area contributed by atoms with Gasteiger partial charge >= 0.3 is 5.97 Å². The molecular formula is C16H26N2O2. The second kappa shape index (κ2) is 8.72. The van der Waals surface area contributed by atoms with Crippen molar-refractivity contribution in [2.45, 2.75) is 33.2 Å². The average Bonchev–Trinajstić information content (AvgIpc) is 2.47. The Labute approximate surface area is 121 Å². The fraction of sp³-hybridized carbons (Fsp3) is 0.562. The first-order chi connectivity index (χ1) is 9.62. The van der Waals surface area contributed by atoms with Gasteiger partial charge in [0.05, 0.1) is 0 Å². The number of likely N-dealkylation sites (N-methyl/N-ethyl adjacent to an activating group) is 1. The number of carboxylic acids is 1. The normalized spacial score (nSPS) is 12.6. The van der Waals surface area contributed by atoms with Crippen LogP contribution < -0.4 is 5.32 Å². The second-order valence-corrected chi connectivity index (χ2v) is 4.85. The van der Waals surface area contributed by atoms with E-state index in [9.17, 15) is 9.90 Å². The van der Waals surface area contributed by atoms with E-state index in [4.69, 9.17) is 0 Å². The van der Waals surface area contributed by atoms with Crippen molar-refractivity contribution in [3.63, 3.8) is 0 Å². The van der Waals surface area contributed by atoms with E-state index in [1.807, 2.05) is 24.3 Å². The predicted octanol–water partition coefficient (Wildman–Crippen LogP) is 2.31. The third-order valence-corrected chi connectivity index (χ3v) is 3.64.